The molecule has 0 bridgehead atoms. The summed E-state index contributed by atoms with van der Waals surface area (Å²) >= 11 is 0. The molecule has 0 spiro atoms. The number of unbranched alkanes of at least 4 members (excludes halogenated alkanes) is 1. The fraction of sp³-hybridized carbons (Fsp3) is 0.786. The van der Waals surface area contributed by atoms with Crippen LogP contribution in [-0.2, 0) is 35.9 Å². The number of carbonyl (C=O) groups excluding carboxylic acids is 1. The summed E-state index contributed by atoms with van der Waals surface area (Å²) in [6.07, 6.45) is 3.73. The van der Waals surface area contributed by atoms with E-state index >= 15 is 0 Å². The molecule has 0 aliphatic heterocycles. The zero-order valence-electron chi connectivity index (χ0n) is 15.9. The molecule has 3 unspecified atom stereocenters. The van der Waals surface area contributed by atoms with Crippen LogP contribution < -0.4 is 5.32 Å². The fourth-order valence-electron chi connectivity index (χ4n) is 2.09. The smallest absolute Gasteiger partial charge is 0.325 e. The van der Waals surface area contributed by atoms with Crippen molar-refractivity contribution in [3.63, 3.8) is 0 Å². The predicted octanol–water partition coefficient (Wildman–Crippen LogP) is 0.132. The standard InChI is InChI=1S/C14H28N4O8P2/c1-27(21,22)25-8-4-3-5-12-9-18(17-16-12)7-6-14(20)15-13(10-19)11-26-28(2,23)24/h9,13,19H,3-8,10-11H2,1-2H3,(H,15,20)(H,21,22)(H,23,24). The lowest BCUT2D eigenvalue weighted by atomic mass is 10.2. The summed E-state index contributed by atoms with van der Waals surface area (Å²) in [7, 11) is -7.12. The number of hydrogen-bond donors (Lipinski definition) is 4. The van der Waals surface area contributed by atoms with E-state index in [1.165, 1.54) is 4.68 Å². The minimum atomic E-state index is -3.68. The highest BCUT2D eigenvalue weighted by molar-refractivity contribution is 7.52. The van der Waals surface area contributed by atoms with E-state index in [0.717, 1.165) is 19.0 Å². The van der Waals surface area contributed by atoms with Crippen molar-refractivity contribution in [3.05, 3.63) is 11.9 Å². The van der Waals surface area contributed by atoms with Crippen LogP contribution in [0, 0.1) is 0 Å². The predicted molar refractivity (Wildman–Crippen MR) is 100.0 cm³/mol. The van der Waals surface area contributed by atoms with Crippen LogP contribution in [0.1, 0.15) is 25.0 Å². The first-order valence-corrected chi connectivity index (χ1v) is 12.7. The van der Waals surface area contributed by atoms with Crippen LogP contribution in [0.15, 0.2) is 6.20 Å². The largest absolute Gasteiger partial charge is 0.394 e. The lowest BCUT2D eigenvalue weighted by Crippen LogP contribution is -2.40. The van der Waals surface area contributed by atoms with Crippen LogP contribution in [0.3, 0.4) is 0 Å². The van der Waals surface area contributed by atoms with Gasteiger partial charge >= 0.3 is 15.2 Å². The van der Waals surface area contributed by atoms with E-state index in [2.05, 4.69) is 15.6 Å². The molecular formula is C14H28N4O8P2. The van der Waals surface area contributed by atoms with Crippen molar-refractivity contribution in [3.8, 4) is 0 Å². The number of carbonyl (C=O) groups is 1. The number of nitrogens with zero attached hydrogens (tertiary/aromatic N) is 3. The Labute approximate surface area is 163 Å². The Kier molecular flexibility index (Phi) is 10.5. The molecule has 4 N–H and O–H groups in total. The van der Waals surface area contributed by atoms with Crippen LogP contribution >= 0.6 is 15.2 Å². The van der Waals surface area contributed by atoms with E-state index in [1.54, 1.807) is 6.20 Å². The molecule has 12 nitrogen and oxygen atoms in total. The molecule has 0 fully saturated rings. The maximum Gasteiger partial charge on any atom is 0.325 e. The highest BCUT2D eigenvalue weighted by Gasteiger charge is 2.17. The van der Waals surface area contributed by atoms with Crippen molar-refractivity contribution in [2.75, 3.05) is 33.2 Å². The van der Waals surface area contributed by atoms with Crippen LogP contribution in [-0.4, -0.2) is 75.0 Å². The van der Waals surface area contributed by atoms with Crippen LogP contribution in [0.2, 0.25) is 0 Å². The third-order valence-corrected chi connectivity index (χ3v) is 4.70. The molecule has 1 aromatic heterocycles. The SMILES string of the molecule is CP(=O)(O)OCCCCc1cn(CCC(=O)NC(CO)COP(C)(=O)O)nn1. The Bertz CT molecular complexity index is 701. The molecule has 0 radical (unpaired) electrons. The van der Waals surface area contributed by atoms with Gasteiger partial charge in [0.15, 0.2) is 0 Å². The summed E-state index contributed by atoms with van der Waals surface area (Å²) in [6, 6.07) is -0.779. The van der Waals surface area contributed by atoms with Crippen molar-refractivity contribution in [2.45, 2.75) is 38.3 Å². The highest BCUT2D eigenvalue weighted by Crippen LogP contribution is 2.36. The molecule has 1 heterocycles. The number of amides is 1. The second-order valence-corrected chi connectivity index (χ2v) is 10.1. The van der Waals surface area contributed by atoms with E-state index in [4.69, 9.17) is 18.8 Å². The summed E-state index contributed by atoms with van der Waals surface area (Å²) in [6.45, 7) is 1.93. The minimum absolute atomic E-state index is 0.0817. The minimum Gasteiger partial charge on any atom is -0.394 e. The summed E-state index contributed by atoms with van der Waals surface area (Å²) < 4.78 is 33.0. The van der Waals surface area contributed by atoms with Crippen LogP contribution in [0.4, 0.5) is 0 Å². The van der Waals surface area contributed by atoms with Crippen LogP contribution in [0.5, 0.6) is 0 Å². The fourth-order valence-corrected chi connectivity index (χ4v) is 3.01. The number of aliphatic hydroxyl groups excluding tert-OH is 1. The van der Waals surface area contributed by atoms with Gasteiger partial charge in [-0.25, -0.2) is 0 Å². The summed E-state index contributed by atoms with van der Waals surface area (Å²) in [5, 5.41) is 19.6. The van der Waals surface area contributed by atoms with Gasteiger partial charge in [0.1, 0.15) is 0 Å². The molecule has 1 amide bonds. The molecule has 28 heavy (non-hydrogen) atoms. The van der Waals surface area contributed by atoms with Gasteiger partial charge in [0, 0.05) is 25.9 Å². The molecule has 0 saturated carbocycles. The van der Waals surface area contributed by atoms with Gasteiger partial charge in [-0.05, 0) is 19.3 Å². The van der Waals surface area contributed by atoms with E-state index in [0.29, 0.717) is 19.3 Å². The number of nitrogens with one attached hydrogen (secondary N) is 1. The van der Waals surface area contributed by atoms with Gasteiger partial charge in [0.2, 0.25) is 5.91 Å². The Hall–Kier alpha value is -1.13. The van der Waals surface area contributed by atoms with Gasteiger partial charge < -0.3 is 29.3 Å². The van der Waals surface area contributed by atoms with E-state index in [-0.39, 0.29) is 32.1 Å². The number of hydrogen-bond acceptors (Lipinski definition) is 8. The molecular weight excluding hydrogens is 414 g/mol. The molecule has 0 aliphatic rings. The molecule has 1 rings (SSSR count). The van der Waals surface area contributed by atoms with E-state index in [9.17, 15) is 19.0 Å². The normalized spacial score (nSPS) is 16.9. The molecule has 3 atom stereocenters. The molecule has 14 heteroatoms. The molecule has 162 valence electrons. The first-order chi connectivity index (χ1) is 13.0. The average Bonchev–Trinajstić information content (AvgIpc) is 3.02. The number of aryl methyl sites for hydroxylation is 2. The second kappa shape index (κ2) is 11.8. The number of aromatic nitrogens is 3. The maximum atomic E-state index is 11.9. The molecule has 1 aromatic rings. The Balaban J connectivity index is 2.28. The summed E-state index contributed by atoms with van der Waals surface area (Å²) in [4.78, 5) is 30.0. The number of rotatable bonds is 14. The third kappa shape index (κ3) is 12.4. The monoisotopic (exact) mass is 442 g/mol. The van der Waals surface area contributed by atoms with Crippen molar-refractivity contribution in [1.29, 1.82) is 0 Å². The zero-order valence-corrected chi connectivity index (χ0v) is 17.7. The summed E-state index contributed by atoms with van der Waals surface area (Å²) in [5.41, 5.74) is 0.729. The van der Waals surface area contributed by atoms with Gasteiger partial charge in [-0.1, -0.05) is 5.21 Å². The van der Waals surface area contributed by atoms with Gasteiger partial charge in [-0.3, -0.25) is 18.6 Å². The lowest BCUT2D eigenvalue weighted by Gasteiger charge is -2.17. The summed E-state index contributed by atoms with van der Waals surface area (Å²) in [5.74, 6) is -0.367. The second-order valence-electron chi connectivity index (χ2n) is 6.36. The van der Waals surface area contributed by atoms with Crippen molar-refractivity contribution in [2.24, 2.45) is 0 Å². The highest BCUT2D eigenvalue weighted by atomic mass is 31.2. The zero-order chi connectivity index (χ0) is 21.2. The van der Waals surface area contributed by atoms with Gasteiger partial charge in [-0.15, -0.1) is 5.10 Å². The molecule has 0 aliphatic carbocycles. The first-order valence-electron chi connectivity index (χ1n) is 8.67. The van der Waals surface area contributed by atoms with Crippen LogP contribution in [0.25, 0.3) is 0 Å². The molecule has 0 saturated heterocycles. The topological polar surface area (TPSA) is 173 Å². The molecule has 0 aromatic carbocycles. The van der Waals surface area contributed by atoms with Crippen molar-refractivity contribution < 1.29 is 37.9 Å². The lowest BCUT2D eigenvalue weighted by molar-refractivity contribution is -0.122. The van der Waals surface area contributed by atoms with Gasteiger partial charge in [0.05, 0.1) is 38.1 Å². The third-order valence-electron chi connectivity index (χ3n) is 3.41. The van der Waals surface area contributed by atoms with E-state index in [1.807, 2.05) is 0 Å². The van der Waals surface area contributed by atoms with Crippen molar-refractivity contribution in [1.82, 2.24) is 20.3 Å². The van der Waals surface area contributed by atoms with Crippen molar-refractivity contribution >= 4 is 21.1 Å². The average molecular weight is 442 g/mol. The van der Waals surface area contributed by atoms with E-state index < -0.39 is 27.8 Å². The maximum absolute atomic E-state index is 11.9. The Morgan fingerprint density at radius 2 is 1.93 bits per heavy atom. The Morgan fingerprint density at radius 3 is 2.54 bits per heavy atom. The first kappa shape index (κ1) is 24.9. The quantitative estimate of drug-likeness (QED) is 0.229. The van der Waals surface area contributed by atoms with Gasteiger partial charge in [0.25, 0.3) is 0 Å². The van der Waals surface area contributed by atoms with Gasteiger partial charge in [-0.2, -0.15) is 0 Å². The Morgan fingerprint density at radius 1 is 1.25 bits per heavy atom. The number of aliphatic hydroxyl groups is 1.